The van der Waals surface area contributed by atoms with Crippen molar-refractivity contribution in [1.82, 2.24) is 4.57 Å². The summed E-state index contributed by atoms with van der Waals surface area (Å²) in [7, 11) is -2.33. The minimum atomic E-state index is -3.74. The number of hydrogen-bond acceptors (Lipinski definition) is 3. The summed E-state index contributed by atoms with van der Waals surface area (Å²) in [5.74, 6) is -0.281. The van der Waals surface area contributed by atoms with Gasteiger partial charge in [0.1, 0.15) is 0 Å². The molecule has 0 spiro atoms. The molecule has 1 aromatic heterocycles. The Hall–Kier alpha value is -2.64. The molecule has 0 radical (unpaired) electrons. The highest BCUT2D eigenvalue weighted by Gasteiger charge is 2.13. The van der Waals surface area contributed by atoms with Gasteiger partial charge in [-0.25, -0.2) is 17.9 Å². The summed E-state index contributed by atoms with van der Waals surface area (Å²) in [4.78, 5) is 0.0431. The molecule has 0 aliphatic heterocycles. The topological polar surface area (TPSA) is 74.3 Å². The van der Waals surface area contributed by atoms with Crippen LogP contribution >= 0.6 is 0 Å². The lowest BCUT2D eigenvalue weighted by atomic mass is 10.1. The van der Waals surface area contributed by atoms with Crippen molar-refractivity contribution in [3.8, 4) is 22.7 Å². The predicted molar refractivity (Wildman–Crippen MR) is 93.8 cm³/mol. The molecule has 0 saturated carbocycles. The van der Waals surface area contributed by atoms with Crippen molar-refractivity contribution < 1.29 is 17.5 Å². The van der Waals surface area contributed by atoms with Gasteiger partial charge in [-0.3, -0.25) is 0 Å². The molecule has 1 heterocycles. The maximum atomic E-state index is 14.1. The van der Waals surface area contributed by atoms with Crippen molar-refractivity contribution in [3.63, 3.8) is 0 Å². The van der Waals surface area contributed by atoms with Gasteiger partial charge in [-0.05, 0) is 48.9 Å². The minimum absolute atomic E-state index is 0.0431. The molecule has 2 aromatic carbocycles. The normalized spacial score (nSPS) is 11.5. The summed E-state index contributed by atoms with van der Waals surface area (Å²) in [5.41, 5.74) is 3.15. The van der Waals surface area contributed by atoms with E-state index in [2.05, 4.69) is 0 Å². The fourth-order valence-electron chi connectivity index (χ4n) is 2.72. The van der Waals surface area contributed by atoms with E-state index in [1.807, 2.05) is 23.6 Å². The van der Waals surface area contributed by atoms with Gasteiger partial charge < -0.3 is 9.30 Å². The molecule has 5 nitrogen and oxygen atoms in total. The van der Waals surface area contributed by atoms with Crippen LogP contribution < -0.4 is 9.88 Å². The van der Waals surface area contributed by atoms with E-state index < -0.39 is 15.8 Å². The van der Waals surface area contributed by atoms with Crippen LogP contribution in [0.25, 0.3) is 16.9 Å². The quantitative estimate of drug-likeness (QED) is 0.776. The molecule has 0 unspecified atom stereocenters. The Labute approximate surface area is 145 Å². The van der Waals surface area contributed by atoms with Crippen molar-refractivity contribution in [2.45, 2.75) is 11.8 Å². The SMILES string of the molecule is COc1ccc(-n2c(C)ccc2-c2ccc(S(N)(=O)=O)cc2)cc1F. The average molecular weight is 360 g/mol. The molecule has 0 fully saturated rings. The Balaban J connectivity index is 2.10. The number of methoxy groups -OCH3 is 1. The van der Waals surface area contributed by atoms with Crippen LogP contribution in [0, 0.1) is 12.7 Å². The number of hydrogen-bond donors (Lipinski definition) is 1. The zero-order chi connectivity index (χ0) is 18.2. The number of halogens is 1. The molecular formula is C18H17FN2O3S. The fourth-order valence-corrected chi connectivity index (χ4v) is 3.23. The Bertz CT molecular complexity index is 1020. The Kier molecular flexibility index (Phi) is 4.36. The Morgan fingerprint density at radius 3 is 2.28 bits per heavy atom. The molecule has 130 valence electrons. The molecule has 3 aromatic rings. The summed E-state index contributed by atoms with van der Waals surface area (Å²) in [5, 5.41) is 5.13. The smallest absolute Gasteiger partial charge is 0.238 e. The van der Waals surface area contributed by atoms with E-state index in [-0.39, 0.29) is 10.6 Å². The van der Waals surface area contributed by atoms with Crippen molar-refractivity contribution in [2.75, 3.05) is 7.11 Å². The number of rotatable bonds is 4. The van der Waals surface area contributed by atoms with E-state index in [1.54, 1.807) is 24.3 Å². The molecule has 0 aliphatic rings. The third-order valence-electron chi connectivity index (χ3n) is 3.95. The van der Waals surface area contributed by atoms with E-state index in [0.717, 1.165) is 17.0 Å². The van der Waals surface area contributed by atoms with E-state index in [9.17, 15) is 12.8 Å². The summed E-state index contributed by atoms with van der Waals surface area (Å²) in [6.45, 7) is 1.91. The second-order valence-corrected chi connectivity index (χ2v) is 7.15. The molecule has 0 atom stereocenters. The highest BCUT2D eigenvalue weighted by molar-refractivity contribution is 7.89. The van der Waals surface area contributed by atoms with E-state index in [1.165, 1.54) is 25.3 Å². The standard InChI is InChI=1S/C18H17FN2O3S/c1-12-3-9-17(13-4-7-15(8-5-13)25(20,22)23)21(12)14-6-10-18(24-2)16(19)11-14/h3-11H,1-2H3,(H2,20,22,23). The number of nitrogens with zero attached hydrogens (tertiary/aromatic N) is 1. The summed E-state index contributed by atoms with van der Waals surface area (Å²) < 4.78 is 43.7. The van der Waals surface area contributed by atoms with Gasteiger partial charge in [0.15, 0.2) is 11.6 Å². The van der Waals surface area contributed by atoms with Crippen LogP contribution in [-0.4, -0.2) is 20.1 Å². The van der Waals surface area contributed by atoms with Crippen LogP contribution in [0.5, 0.6) is 5.75 Å². The molecule has 3 rings (SSSR count). The van der Waals surface area contributed by atoms with Gasteiger partial charge in [-0.2, -0.15) is 0 Å². The minimum Gasteiger partial charge on any atom is -0.494 e. The average Bonchev–Trinajstić information content (AvgIpc) is 2.95. The summed E-state index contributed by atoms with van der Waals surface area (Å²) >= 11 is 0. The highest BCUT2D eigenvalue weighted by Crippen LogP contribution is 2.29. The zero-order valence-electron chi connectivity index (χ0n) is 13.7. The monoisotopic (exact) mass is 360 g/mol. The van der Waals surface area contributed by atoms with Crippen LogP contribution in [-0.2, 0) is 10.0 Å². The number of primary sulfonamides is 1. The lowest BCUT2D eigenvalue weighted by molar-refractivity contribution is 0.386. The summed E-state index contributed by atoms with van der Waals surface area (Å²) in [6, 6.07) is 14.8. The van der Waals surface area contributed by atoms with Crippen LogP contribution in [0.4, 0.5) is 4.39 Å². The predicted octanol–water partition coefficient (Wildman–Crippen LogP) is 3.25. The zero-order valence-corrected chi connectivity index (χ0v) is 14.5. The molecule has 0 bridgehead atoms. The first-order valence-corrected chi connectivity index (χ1v) is 9.01. The second-order valence-electron chi connectivity index (χ2n) is 5.58. The molecular weight excluding hydrogens is 343 g/mol. The Morgan fingerprint density at radius 1 is 1.04 bits per heavy atom. The van der Waals surface area contributed by atoms with Gasteiger partial charge in [-0.15, -0.1) is 0 Å². The molecule has 25 heavy (non-hydrogen) atoms. The maximum Gasteiger partial charge on any atom is 0.238 e. The van der Waals surface area contributed by atoms with Gasteiger partial charge in [0.2, 0.25) is 10.0 Å². The second kappa shape index (κ2) is 6.34. The largest absolute Gasteiger partial charge is 0.494 e. The van der Waals surface area contributed by atoms with Crippen LogP contribution in [0.2, 0.25) is 0 Å². The van der Waals surface area contributed by atoms with Crippen molar-refractivity contribution in [2.24, 2.45) is 5.14 Å². The first-order chi connectivity index (χ1) is 11.8. The number of aryl methyl sites for hydroxylation is 1. The fraction of sp³-hybridized carbons (Fsp3) is 0.111. The Morgan fingerprint density at radius 2 is 1.72 bits per heavy atom. The number of nitrogens with two attached hydrogens (primary N) is 1. The van der Waals surface area contributed by atoms with Crippen LogP contribution in [0.1, 0.15) is 5.69 Å². The van der Waals surface area contributed by atoms with Gasteiger partial charge in [0.25, 0.3) is 0 Å². The maximum absolute atomic E-state index is 14.1. The van der Waals surface area contributed by atoms with E-state index in [4.69, 9.17) is 9.88 Å². The van der Waals surface area contributed by atoms with Crippen molar-refractivity contribution >= 4 is 10.0 Å². The molecule has 7 heteroatoms. The van der Waals surface area contributed by atoms with Gasteiger partial charge in [0.05, 0.1) is 17.7 Å². The third-order valence-corrected chi connectivity index (χ3v) is 4.88. The van der Waals surface area contributed by atoms with Gasteiger partial charge in [0, 0.05) is 17.4 Å². The molecule has 2 N–H and O–H groups in total. The molecule has 0 aliphatic carbocycles. The first kappa shape index (κ1) is 17.2. The number of benzene rings is 2. The van der Waals surface area contributed by atoms with Crippen molar-refractivity contribution in [1.29, 1.82) is 0 Å². The lowest BCUT2D eigenvalue weighted by Crippen LogP contribution is -2.11. The number of aromatic nitrogens is 1. The first-order valence-electron chi connectivity index (χ1n) is 7.47. The number of ether oxygens (including phenoxy) is 1. The number of sulfonamides is 1. The van der Waals surface area contributed by atoms with Gasteiger partial charge >= 0.3 is 0 Å². The molecule has 0 amide bonds. The van der Waals surface area contributed by atoms with Crippen LogP contribution in [0.15, 0.2) is 59.5 Å². The van der Waals surface area contributed by atoms with Crippen LogP contribution in [0.3, 0.4) is 0 Å². The third kappa shape index (κ3) is 3.29. The lowest BCUT2D eigenvalue weighted by Gasteiger charge is -2.13. The molecule has 0 saturated heterocycles. The van der Waals surface area contributed by atoms with Gasteiger partial charge in [-0.1, -0.05) is 12.1 Å². The highest BCUT2D eigenvalue weighted by atomic mass is 32.2. The van der Waals surface area contributed by atoms with E-state index in [0.29, 0.717) is 5.69 Å². The van der Waals surface area contributed by atoms with Crippen molar-refractivity contribution in [3.05, 3.63) is 66.1 Å². The van der Waals surface area contributed by atoms with E-state index >= 15 is 0 Å². The summed E-state index contributed by atoms with van der Waals surface area (Å²) in [6.07, 6.45) is 0.